The van der Waals surface area contributed by atoms with Gasteiger partial charge in [-0.25, -0.2) is 4.79 Å². The number of aliphatic imine (C=N–C) groups is 1. The van der Waals surface area contributed by atoms with Gasteiger partial charge < -0.3 is 10.0 Å². The van der Waals surface area contributed by atoms with Crippen LogP contribution in [0, 0.1) is 0 Å². The molecule has 20 heavy (non-hydrogen) atoms. The Morgan fingerprint density at radius 3 is 2.55 bits per heavy atom. The maximum Gasteiger partial charge on any atom is 0.426 e. The number of nitrogens with zero attached hydrogens (tertiary/aromatic N) is 2. The van der Waals surface area contributed by atoms with Crippen molar-refractivity contribution in [2.24, 2.45) is 4.99 Å². The summed E-state index contributed by atoms with van der Waals surface area (Å²) in [4.78, 5) is 16.1. The third-order valence-electron chi connectivity index (χ3n) is 3.07. The van der Waals surface area contributed by atoms with Gasteiger partial charge >= 0.3 is 12.1 Å². The van der Waals surface area contributed by atoms with Crippen molar-refractivity contribution >= 4 is 17.9 Å². The Kier molecular flexibility index (Phi) is 3.96. The van der Waals surface area contributed by atoms with Crippen LogP contribution in [-0.4, -0.2) is 42.6 Å². The van der Waals surface area contributed by atoms with Crippen LogP contribution in [0.4, 0.5) is 18.9 Å². The van der Waals surface area contributed by atoms with Gasteiger partial charge in [-0.1, -0.05) is 0 Å². The first-order valence-electron chi connectivity index (χ1n) is 6.04. The number of carboxylic acids is 1. The number of hydrogen-bond donors (Lipinski definition) is 1. The molecule has 1 atom stereocenters. The molecule has 0 amide bonds. The summed E-state index contributed by atoms with van der Waals surface area (Å²) in [5.41, 5.74) is 0.972. The molecule has 1 heterocycles. The zero-order valence-corrected chi connectivity index (χ0v) is 10.5. The minimum atomic E-state index is -4.38. The van der Waals surface area contributed by atoms with Crippen LogP contribution in [0.25, 0.3) is 0 Å². The van der Waals surface area contributed by atoms with Crippen molar-refractivity contribution in [3.63, 3.8) is 0 Å². The summed E-state index contributed by atoms with van der Waals surface area (Å²) in [5, 5.41) is 8.79. The van der Waals surface area contributed by atoms with Crippen molar-refractivity contribution in [2.45, 2.75) is 18.6 Å². The van der Waals surface area contributed by atoms with E-state index in [-0.39, 0.29) is 17.8 Å². The molecule has 0 saturated carbocycles. The molecule has 0 aliphatic carbocycles. The quantitative estimate of drug-likeness (QED) is 0.869. The van der Waals surface area contributed by atoms with E-state index in [0.717, 1.165) is 5.69 Å². The predicted molar refractivity (Wildman–Crippen MR) is 68.6 cm³/mol. The van der Waals surface area contributed by atoms with Gasteiger partial charge in [0.25, 0.3) is 0 Å². The average Bonchev–Trinajstić information content (AvgIpc) is 2.84. The highest BCUT2D eigenvalue weighted by molar-refractivity contribution is 5.88. The van der Waals surface area contributed by atoms with Crippen molar-refractivity contribution in [3.8, 4) is 0 Å². The van der Waals surface area contributed by atoms with Gasteiger partial charge in [-0.2, -0.15) is 13.2 Å². The summed E-state index contributed by atoms with van der Waals surface area (Å²) in [6.07, 6.45) is -3.79. The fourth-order valence-corrected chi connectivity index (χ4v) is 2.10. The fourth-order valence-electron chi connectivity index (χ4n) is 2.10. The molecule has 0 spiro atoms. The molecule has 108 valence electrons. The van der Waals surface area contributed by atoms with Gasteiger partial charge in [-0.15, -0.1) is 0 Å². The summed E-state index contributed by atoms with van der Waals surface area (Å²) < 4.78 is 36.1. The molecule has 1 aliphatic rings. The maximum atomic E-state index is 12.0. The summed E-state index contributed by atoms with van der Waals surface area (Å²) >= 11 is 0. The predicted octanol–water partition coefficient (Wildman–Crippen LogP) is 2.60. The van der Waals surface area contributed by atoms with Crippen LogP contribution in [0.2, 0.25) is 0 Å². The Labute approximate surface area is 113 Å². The number of aromatic carboxylic acids is 1. The molecule has 1 saturated heterocycles. The van der Waals surface area contributed by atoms with E-state index in [2.05, 4.69) is 4.99 Å². The number of alkyl halides is 3. The zero-order chi connectivity index (χ0) is 14.8. The Balaban J connectivity index is 1.99. The van der Waals surface area contributed by atoms with Gasteiger partial charge in [-0.3, -0.25) is 4.99 Å². The first-order chi connectivity index (χ1) is 9.35. The van der Waals surface area contributed by atoms with E-state index >= 15 is 0 Å². The van der Waals surface area contributed by atoms with E-state index in [9.17, 15) is 18.0 Å². The van der Waals surface area contributed by atoms with E-state index in [0.29, 0.717) is 19.5 Å². The minimum absolute atomic E-state index is 0.0364. The number of carboxylic acid groups (broad SMARTS) is 1. The van der Waals surface area contributed by atoms with Crippen LogP contribution in [0.15, 0.2) is 29.3 Å². The number of carbonyl (C=O) groups is 1. The van der Waals surface area contributed by atoms with Crippen LogP contribution >= 0.6 is 0 Å². The Hall–Kier alpha value is -2.05. The molecule has 0 radical (unpaired) electrons. The highest BCUT2D eigenvalue weighted by Gasteiger charge is 2.27. The van der Waals surface area contributed by atoms with Gasteiger partial charge in [0, 0.05) is 18.8 Å². The standard InChI is InChI=1S/C13H13F3N2O2/c14-13(15,16)8-17-10-5-6-18(7-10)11-3-1-9(2-4-11)12(19)20/h1-4,8,10H,5-7H2,(H,19,20)/b17-8+. The highest BCUT2D eigenvalue weighted by Crippen LogP contribution is 2.23. The molecule has 1 N–H and O–H groups in total. The largest absolute Gasteiger partial charge is 0.478 e. The van der Waals surface area contributed by atoms with Crippen molar-refractivity contribution in [3.05, 3.63) is 29.8 Å². The summed E-state index contributed by atoms with van der Waals surface area (Å²) in [6.45, 7) is 1.01. The van der Waals surface area contributed by atoms with Crippen LogP contribution in [0.1, 0.15) is 16.8 Å². The van der Waals surface area contributed by atoms with Gasteiger partial charge in [0.2, 0.25) is 0 Å². The number of halogens is 3. The summed E-state index contributed by atoms with van der Waals surface area (Å²) in [7, 11) is 0. The molecule has 0 aromatic heterocycles. The molecule has 7 heteroatoms. The molecular formula is C13H13F3N2O2. The Bertz CT molecular complexity index is 511. The smallest absolute Gasteiger partial charge is 0.426 e. The van der Waals surface area contributed by atoms with Crippen molar-refractivity contribution in [1.29, 1.82) is 0 Å². The second kappa shape index (κ2) is 5.52. The first kappa shape index (κ1) is 14.4. The van der Waals surface area contributed by atoms with Gasteiger partial charge in [0.15, 0.2) is 0 Å². The van der Waals surface area contributed by atoms with Crippen LogP contribution < -0.4 is 4.90 Å². The number of benzene rings is 1. The lowest BCUT2D eigenvalue weighted by Crippen LogP contribution is -2.21. The number of hydrogen-bond acceptors (Lipinski definition) is 3. The van der Waals surface area contributed by atoms with Gasteiger partial charge in [0.1, 0.15) is 6.21 Å². The molecule has 1 unspecified atom stereocenters. The van der Waals surface area contributed by atoms with E-state index in [1.54, 1.807) is 12.1 Å². The monoisotopic (exact) mass is 286 g/mol. The molecule has 4 nitrogen and oxygen atoms in total. The maximum absolute atomic E-state index is 12.0. The topological polar surface area (TPSA) is 52.9 Å². The molecule has 1 aromatic carbocycles. The normalized spacial score (nSPS) is 19.8. The summed E-state index contributed by atoms with van der Waals surface area (Å²) in [5.74, 6) is -1.01. The van der Waals surface area contributed by atoms with Crippen molar-refractivity contribution in [2.75, 3.05) is 18.0 Å². The Morgan fingerprint density at radius 1 is 1.35 bits per heavy atom. The molecule has 1 aliphatic heterocycles. The number of rotatable bonds is 3. The van der Waals surface area contributed by atoms with Crippen molar-refractivity contribution in [1.82, 2.24) is 0 Å². The van der Waals surface area contributed by atoms with Crippen LogP contribution in [0.5, 0.6) is 0 Å². The fraction of sp³-hybridized carbons (Fsp3) is 0.385. The Morgan fingerprint density at radius 2 is 2.00 bits per heavy atom. The van der Waals surface area contributed by atoms with Gasteiger partial charge in [-0.05, 0) is 30.7 Å². The SMILES string of the molecule is O=C(O)c1ccc(N2CCC(/N=C/C(F)(F)F)C2)cc1. The highest BCUT2D eigenvalue weighted by atomic mass is 19.4. The minimum Gasteiger partial charge on any atom is -0.478 e. The lowest BCUT2D eigenvalue weighted by molar-refractivity contribution is -0.0538. The van der Waals surface area contributed by atoms with Gasteiger partial charge in [0.05, 0.1) is 11.6 Å². The van der Waals surface area contributed by atoms with Crippen molar-refractivity contribution < 1.29 is 23.1 Å². The van der Waals surface area contributed by atoms with E-state index < -0.39 is 12.1 Å². The zero-order valence-electron chi connectivity index (χ0n) is 10.5. The third-order valence-corrected chi connectivity index (χ3v) is 3.07. The molecule has 1 aromatic rings. The average molecular weight is 286 g/mol. The first-order valence-corrected chi connectivity index (χ1v) is 6.04. The molecule has 2 rings (SSSR count). The summed E-state index contributed by atoms with van der Waals surface area (Å²) in [6, 6.07) is 5.88. The van der Waals surface area contributed by atoms with Crippen LogP contribution in [-0.2, 0) is 0 Å². The van der Waals surface area contributed by atoms with E-state index in [4.69, 9.17) is 5.11 Å². The van der Waals surface area contributed by atoms with E-state index in [1.165, 1.54) is 12.1 Å². The molecule has 1 fully saturated rings. The lowest BCUT2D eigenvalue weighted by Gasteiger charge is -2.17. The molecule has 0 bridgehead atoms. The molecular weight excluding hydrogens is 273 g/mol. The van der Waals surface area contributed by atoms with Crippen LogP contribution in [0.3, 0.4) is 0 Å². The third kappa shape index (κ3) is 3.72. The second-order valence-electron chi connectivity index (χ2n) is 4.56. The lowest BCUT2D eigenvalue weighted by atomic mass is 10.2. The van der Waals surface area contributed by atoms with E-state index in [1.807, 2.05) is 4.90 Å². The second-order valence-corrected chi connectivity index (χ2v) is 4.56. The number of anilines is 1.